The highest BCUT2D eigenvalue weighted by molar-refractivity contribution is 5.54. The van der Waals surface area contributed by atoms with E-state index in [-0.39, 0.29) is 12.6 Å². The normalized spacial score (nSPS) is 11.6. The van der Waals surface area contributed by atoms with Gasteiger partial charge >= 0.3 is 12.2 Å². The molecule has 0 aliphatic rings. The molecule has 0 unspecified atom stereocenters. The number of benzene rings is 1. The quantitative estimate of drug-likeness (QED) is 0.642. The van der Waals surface area contributed by atoms with Gasteiger partial charge in [-0.1, -0.05) is 0 Å². The van der Waals surface area contributed by atoms with E-state index in [1.807, 2.05) is 0 Å². The molecule has 0 aliphatic heterocycles. The van der Waals surface area contributed by atoms with E-state index in [1.54, 1.807) is 6.92 Å². The molecule has 0 amide bonds. The van der Waals surface area contributed by atoms with Gasteiger partial charge in [-0.05, 0) is 48.9 Å². The van der Waals surface area contributed by atoms with E-state index in [1.165, 1.54) is 35.0 Å². The molecular weight excluding hydrogens is 352 g/mol. The molecule has 5 nitrogen and oxygen atoms in total. The average molecular weight is 366 g/mol. The van der Waals surface area contributed by atoms with Gasteiger partial charge in [-0.3, -0.25) is 4.98 Å². The van der Waals surface area contributed by atoms with E-state index < -0.39 is 17.7 Å². The summed E-state index contributed by atoms with van der Waals surface area (Å²) in [4.78, 5) is 7.57. The van der Waals surface area contributed by atoms with E-state index >= 15 is 0 Å². The third-order valence-corrected chi connectivity index (χ3v) is 3.46. The molecule has 26 heavy (non-hydrogen) atoms. The zero-order valence-corrected chi connectivity index (χ0v) is 13.7. The number of pyridine rings is 1. The van der Waals surface area contributed by atoms with Crippen LogP contribution in [0.4, 0.5) is 17.6 Å². The predicted octanol–water partition coefficient (Wildman–Crippen LogP) is 3.95. The summed E-state index contributed by atoms with van der Waals surface area (Å²) in [5, 5.41) is 4.27. The number of hydrogen-bond acceptors (Lipinski definition) is 4. The van der Waals surface area contributed by atoms with Gasteiger partial charge in [0.2, 0.25) is 0 Å². The van der Waals surface area contributed by atoms with Gasteiger partial charge in [0.1, 0.15) is 11.5 Å². The summed E-state index contributed by atoms with van der Waals surface area (Å²) >= 11 is 0. The summed E-state index contributed by atoms with van der Waals surface area (Å²) in [6.45, 7) is 2.09. The number of nitrogens with zero attached hydrogens (tertiary/aromatic N) is 4. The van der Waals surface area contributed by atoms with Gasteiger partial charge in [0.05, 0.1) is 13.2 Å². The second kappa shape index (κ2) is 7.11. The Morgan fingerprint density at radius 3 is 2.50 bits per heavy atom. The van der Waals surface area contributed by atoms with Crippen LogP contribution in [0.25, 0.3) is 11.4 Å². The van der Waals surface area contributed by atoms with Crippen LogP contribution in [0.5, 0.6) is 6.01 Å². The Labute approximate surface area is 146 Å². The molecule has 0 bridgehead atoms. The molecule has 0 fully saturated rings. The van der Waals surface area contributed by atoms with Gasteiger partial charge in [0.15, 0.2) is 5.82 Å². The monoisotopic (exact) mass is 366 g/mol. The van der Waals surface area contributed by atoms with Crippen molar-refractivity contribution in [3.05, 3.63) is 59.7 Å². The van der Waals surface area contributed by atoms with Crippen molar-refractivity contribution in [3.63, 3.8) is 0 Å². The Kier molecular flexibility index (Phi) is 4.88. The minimum absolute atomic E-state index is 0.0229. The van der Waals surface area contributed by atoms with Crippen molar-refractivity contribution in [3.8, 4) is 17.4 Å². The molecule has 0 atom stereocenters. The molecule has 1 aromatic carbocycles. The first-order valence-electron chi connectivity index (χ1n) is 7.72. The molecule has 0 saturated heterocycles. The van der Waals surface area contributed by atoms with E-state index in [0.29, 0.717) is 23.6 Å². The molecule has 0 saturated carbocycles. The number of aromatic nitrogens is 4. The van der Waals surface area contributed by atoms with Crippen molar-refractivity contribution in [1.82, 2.24) is 19.7 Å². The molecule has 0 spiro atoms. The van der Waals surface area contributed by atoms with Crippen LogP contribution in [0.15, 0.2) is 42.6 Å². The Morgan fingerprint density at radius 1 is 1.12 bits per heavy atom. The SMILES string of the molecule is CCOc1nc(-c2ccc(F)cc2)nn1Cc1ccnc(C(F)(F)F)c1. The Hall–Kier alpha value is -2.97. The lowest BCUT2D eigenvalue weighted by Crippen LogP contribution is -2.11. The molecule has 2 aromatic heterocycles. The summed E-state index contributed by atoms with van der Waals surface area (Å²) in [5.41, 5.74) is -0.0625. The van der Waals surface area contributed by atoms with Crippen LogP contribution in [-0.4, -0.2) is 26.4 Å². The molecule has 3 rings (SSSR count). The van der Waals surface area contributed by atoms with Crippen molar-refractivity contribution < 1.29 is 22.3 Å². The van der Waals surface area contributed by atoms with E-state index in [4.69, 9.17) is 4.74 Å². The van der Waals surface area contributed by atoms with E-state index in [9.17, 15) is 17.6 Å². The Morgan fingerprint density at radius 2 is 1.85 bits per heavy atom. The van der Waals surface area contributed by atoms with Gasteiger partial charge < -0.3 is 4.74 Å². The maximum Gasteiger partial charge on any atom is 0.433 e. The lowest BCUT2D eigenvalue weighted by atomic mass is 10.2. The van der Waals surface area contributed by atoms with Crippen LogP contribution in [0.3, 0.4) is 0 Å². The van der Waals surface area contributed by atoms with Crippen molar-refractivity contribution in [2.45, 2.75) is 19.6 Å². The van der Waals surface area contributed by atoms with Gasteiger partial charge in [-0.25, -0.2) is 9.07 Å². The van der Waals surface area contributed by atoms with Gasteiger partial charge in [0.25, 0.3) is 0 Å². The number of ether oxygens (including phenoxy) is 1. The van der Waals surface area contributed by atoms with Crippen LogP contribution in [0.1, 0.15) is 18.2 Å². The standard InChI is InChI=1S/C17H14F4N4O/c1-2-26-16-23-15(12-3-5-13(18)6-4-12)24-25(16)10-11-7-8-22-14(9-11)17(19,20)21/h3-9H,2,10H2,1H3. The highest BCUT2D eigenvalue weighted by Gasteiger charge is 2.32. The predicted molar refractivity (Wildman–Crippen MR) is 84.9 cm³/mol. The molecule has 0 aliphatic carbocycles. The maximum absolute atomic E-state index is 13.1. The highest BCUT2D eigenvalue weighted by atomic mass is 19.4. The second-order valence-corrected chi connectivity index (χ2v) is 5.36. The molecule has 2 heterocycles. The van der Waals surface area contributed by atoms with Crippen molar-refractivity contribution in [2.75, 3.05) is 6.61 Å². The topological polar surface area (TPSA) is 52.8 Å². The first-order chi connectivity index (χ1) is 12.4. The molecular formula is C17H14F4N4O. The van der Waals surface area contributed by atoms with Gasteiger partial charge in [-0.2, -0.15) is 18.2 Å². The molecule has 0 radical (unpaired) electrons. The minimum Gasteiger partial charge on any atom is -0.464 e. The summed E-state index contributed by atoms with van der Waals surface area (Å²) in [6, 6.07) is 8.15. The number of halogens is 4. The summed E-state index contributed by atoms with van der Waals surface area (Å²) in [6.07, 6.45) is -3.43. The van der Waals surface area contributed by atoms with Gasteiger partial charge in [-0.15, -0.1) is 5.10 Å². The Bertz CT molecular complexity index is 891. The largest absolute Gasteiger partial charge is 0.464 e. The zero-order valence-electron chi connectivity index (χ0n) is 13.7. The third kappa shape index (κ3) is 3.98. The van der Waals surface area contributed by atoms with E-state index in [2.05, 4.69) is 15.1 Å². The van der Waals surface area contributed by atoms with Crippen molar-refractivity contribution in [1.29, 1.82) is 0 Å². The lowest BCUT2D eigenvalue weighted by molar-refractivity contribution is -0.141. The van der Waals surface area contributed by atoms with Crippen molar-refractivity contribution >= 4 is 0 Å². The maximum atomic E-state index is 13.1. The summed E-state index contributed by atoms with van der Waals surface area (Å²) in [7, 11) is 0. The minimum atomic E-state index is -4.53. The van der Waals surface area contributed by atoms with E-state index in [0.717, 1.165) is 12.3 Å². The molecule has 3 aromatic rings. The summed E-state index contributed by atoms with van der Waals surface area (Å²) in [5.74, 6) is -0.103. The molecule has 9 heteroatoms. The fourth-order valence-corrected chi connectivity index (χ4v) is 2.29. The lowest BCUT2D eigenvalue weighted by Gasteiger charge is -2.09. The summed E-state index contributed by atoms with van der Waals surface area (Å²) < 4.78 is 58.3. The van der Waals surface area contributed by atoms with Crippen LogP contribution in [0, 0.1) is 5.82 Å². The van der Waals surface area contributed by atoms with Gasteiger partial charge in [0, 0.05) is 11.8 Å². The first-order valence-corrected chi connectivity index (χ1v) is 7.72. The third-order valence-electron chi connectivity index (χ3n) is 3.46. The fourth-order valence-electron chi connectivity index (χ4n) is 2.29. The Balaban J connectivity index is 1.93. The van der Waals surface area contributed by atoms with Crippen LogP contribution in [-0.2, 0) is 12.7 Å². The number of alkyl halides is 3. The first kappa shape index (κ1) is 17.8. The van der Waals surface area contributed by atoms with Crippen LogP contribution in [0.2, 0.25) is 0 Å². The molecule has 0 N–H and O–H groups in total. The molecule has 136 valence electrons. The van der Waals surface area contributed by atoms with Crippen molar-refractivity contribution in [2.24, 2.45) is 0 Å². The highest BCUT2D eigenvalue weighted by Crippen LogP contribution is 2.28. The average Bonchev–Trinajstić information content (AvgIpc) is 2.98. The van der Waals surface area contributed by atoms with Crippen LogP contribution >= 0.6 is 0 Å². The zero-order chi connectivity index (χ0) is 18.7. The fraction of sp³-hybridized carbons (Fsp3) is 0.235. The second-order valence-electron chi connectivity index (χ2n) is 5.36. The van der Waals surface area contributed by atoms with Crippen LogP contribution < -0.4 is 4.74 Å². The number of rotatable bonds is 5. The smallest absolute Gasteiger partial charge is 0.433 e. The number of hydrogen-bond donors (Lipinski definition) is 0.